The highest BCUT2D eigenvalue weighted by atomic mass is 16.3. The van der Waals surface area contributed by atoms with Gasteiger partial charge < -0.3 is 5.11 Å². The predicted molar refractivity (Wildman–Crippen MR) is 53.5 cm³/mol. The average molecular weight is 179 g/mol. The number of pyridine rings is 1. The lowest BCUT2D eigenvalue weighted by molar-refractivity contribution is 0.186. The Bertz CT molecular complexity index is 251. The lowest BCUT2D eigenvalue weighted by Gasteiger charge is -2.29. The van der Waals surface area contributed by atoms with Crippen LogP contribution >= 0.6 is 0 Å². The van der Waals surface area contributed by atoms with Crippen molar-refractivity contribution in [2.24, 2.45) is 5.41 Å². The van der Waals surface area contributed by atoms with Gasteiger partial charge >= 0.3 is 0 Å². The summed E-state index contributed by atoms with van der Waals surface area (Å²) in [5.74, 6) is 0.190. The summed E-state index contributed by atoms with van der Waals surface area (Å²) in [6.45, 7) is 6.59. The van der Waals surface area contributed by atoms with E-state index in [4.69, 9.17) is 0 Å². The van der Waals surface area contributed by atoms with Crippen molar-refractivity contribution in [1.29, 1.82) is 0 Å². The van der Waals surface area contributed by atoms with Crippen LogP contribution in [0.1, 0.15) is 32.3 Å². The molecule has 0 fully saturated rings. The molecule has 1 aromatic heterocycles. The van der Waals surface area contributed by atoms with E-state index in [0.29, 0.717) is 0 Å². The molecule has 0 amide bonds. The summed E-state index contributed by atoms with van der Waals surface area (Å²) in [7, 11) is 0. The van der Waals surface area contributed by atoms with E-state index in [1.165, 1.54) is 0 Å². The van der Waals surface area contributed by atoms with Crippen LogP contribution in [0.5, 0.6) is 0 Å². The minimum atomic E-state index is 0.0934. The molecule has 0 saturated heterocycles. The maximum absolute atomic E-state index is 9.29. The zero-order chi connectivity index (χ0) is 9.90. The van der Waals surface area contributed by atoms with Gasteiger partial charge in [0.2, 0.25) is 0 Å². The van der Waals surface area contributed by atoms with Gasteiger partial charge in [0.1, 0.15) is 0 Å². The molecule has 1 heterocycles. The molecule has 1 atom stereocenters. The summed E-state index contributed by atoms with van der Waals surface area (Å²) in [4.78, 5) is 3.96. The molecule has 0 aliphatic rings. The lowest BCUT2D eigenvalue weighted by Crippen LogP contribution is -2.21. The lowest BCUT2D eigenvalue weighted by atomic mass is 9.77. The normalized spacial score (nSPS) is 14.2. The van der Waals surface area contributed by atoms with Crippen LogP contribution in [0.2, 0.25) is 0 Å². The van der Waals surface area contributed by atoms with Crippen LogP contribution in [0.4, 0.5) is 0 Å². The standard InChI is InChI=1S/C11H17NO/c1-11(2,3)10(8-13)9-4-6-12-7-5-9/h4-7,10,13H,8H2,1-3H3. The second-order valence-electron chi connectivity index (χ2n) is 4.38. The Morgan fingerprint density at radius 3 is 2.23 bits per heavy atom. The first-order valence-electron chi connectivity index (χ1n) is 4.56. The third-order valence-electron chi connectivity index (χ3n) is 2.34. The highest BCUT2D eigenvalue weighted by Gasteiger charge is 2.25. The molecule has 2 nitrogen and oxygen atoms in total. The molecular weight excluding hydrogens is 162 g/mol. The van der Waals surface area contributed by atoms with Crippen LogP contribution in [0.25, 0.3) is 0 Å². The van der Waals surface area contributed by atoms with Gasteiger partial charge in [0.25, 0.3) is 0 Å². The maximum Gasteiger partial charge on any atom is 0.0504 e. The Kier molecular flexibility index (Phi) is 3.04. The Morgan fingerprint density at radius 2 is 1.85 bits per heavy atom. The van der Waals surface area contributed by atoms with Gasteiger partial charge in [-0.3, -0.25) is 4.98 Å². The fourth-order valence-electron chi connectivity index (χ4n) is 1.48. The number of aromatic nitrogens is 1. The summed E-state index contributed by atoms with van der Waals surface area (Å²) < 4.78 is 0. The summed E-state index contributed by atoms with van der Waals surface area (Å²) in [6, 6.07) is 3.93. The van der Waals surface area contributed by atoms with Crippen molar-refractivity contribution < 1.29 is 5.11 Å². The van der Waals surface area contributed by atoms with E-state index >= 15 is 0 Å². The van der Waals surface area contributed by atoms with Crippen molar-refractivity contribution in [3.63, 3.8) is 0 Å². The van der Waals surface area contributed by atoms with Crippen LogP contribution in [0.15, 0.2) is 24.5 Å². The first kappa shape index (κ1) is 10.2. The van der Waals surface area contributed by atoms with E-state index in [9.17, 15) is 5.11 Å². The largest absolute Gasteiger partial charge is 0.396 e. The minimum Gasteiger partial charge on any atom is -0.396 e. The summed E-state index contributed by atoms with van der Waals surface area (Å²) >= 11 is 0. The van der Waals surface area contributed by atoms with Crippen molar-refractivity contribution in [3.8, 4) is 0 Å². The molecule has 0 aliphatic heterocycles. The molecule has 13 heavy (non-hydrogen) atoms. The number of hydrogen-bond donors (Lipinski definition) is 1. The summed E-state index contributed by atoms with van der Waals surface area (Å²) in [5.41, 5.74) is 1.25. The van der Waals surface area contributed by atoms with Gasteiger partial charge in [-0.1, -0.05) is 20.8 Å². The van der Waals surface area contributed by atoms with Crippen molar-refractivity contribution in [2.75, 3.05) is 6.61 Å². The minimum absolute atomic E-state index is 0.0934. The molecule has 2 heteroatoms. The quantitative estimate of drug-likeness (QED) is 0.755. The summed E-state index contributed by atoms with van der Waals surface area (Å²) in [6.07, 6.45) is 3.54. The smallest absolute Gasteiger partial charge is 0.0504 e. The first-order chi connectivity index (χ1) is 6.05. The molecule has 0 aliphatic carbocycles. The maximum atomic E-state index is 9.29. The number of rotatable bonds is 2. The fraction of sp³-hybridized carbons (Fsp3) is 0.545. The van der Waals surface area contributed by atoms with Crippen molar-refractivity contribution in [2.45, 2.75) is 26.7 Å². The topological polar surface area (TPSA) is 33.1 Å². The van der Waals surface area contributed by atoms with E-state index < -0.39 is 0 Å². The van der Waals surface area contributed by atoms with Crippen molar-refractivity contribution in [1.82, 2.24) is 4.98 Å². The molecule has 1 aromatic rings. The van der Waals surface area contributed by atoms with Crippen LogP contribution in [0, 0.1) is 5.41 Å². The second kappa shape index (κ2) is 3.88. The van der Waals surface area contributed by atoms with E-state index in [1.807, 2.05) is 12.1 Å². The number of aliphatic hydroxyl groups is 1. The molecule has 1 rings (SSSR count). The predicted octanol–water partition coefficient (Wildman–Crippen LogP) is 2.20. The SMILES string of the molecule is CC(C)(C)C(CO)c1ccncc1. The third-order valence-corrected chi connectivity index (χ3v) is 2.34. The highest BCUT2D eigenvalue weighted by molar-refractivity contribution is 5.18. The molecule has 0 bridgehead atoms. The molecule has 0 saturated carbocycles. The van der Waals surface area contributed by atoms with Crippen LogP contribution in [-0.4, -0.2) is 16.7 Å². The Labute approximate surface area is 79.6 Å². The first-order valence-corrected chi connectivity index (χ1v) is 4.56. The van der Waals surface area contributed by atoms with Crippen LogP contribution in [-0.2, 0) is 0 Å². The Morgan fingerprint density at radius 1 is 1.31 bits per heavy atom. The number of aliphatic hydroxyl groups excluding tert-OH is 1. The molecule has 0 radical (unpaired) electrons. The molecule has 1 N–H and O–H groups in total. The number of hydrogen-bond acceptors (Lipinski definition) is 2. The van der Waals surface area contributed by atoms with Crippen LogP contribution < -0.4 is 0 Å². The molecule has 0 spiro atoms. The molecular formula is C11H17NO. The van der Waals surface area contributed by atoms with Gasteiger partial charge in [-0.25, -0.2) is 0 Å². The number of nitrogens with zero attached hydrogens (tertiary/aromatic N) is 1. The van der Waals surface area contributed by atoms with Gasteiger partial charge in [0.15, 0.2) is 0 Å². The van der Waals surface area contributed by atoms with Gasteiger partial charge in [-0.05, 0) is 23.1 Å². The summed E-state index contributed by atoms with van der Waals surface area (Å²) in [5, 5.41) is 9.29. The zero-order valence-electron chi connectivity index (χ0n) is 8.49. The van der Waals surface area contributed by atoms with E-state index in [-0.39, 0.29) is 17.9 Å². The monoisotopic (exact) mass is 179 g/mol. The second-order valence-corrected chi connectivity index (χ2v) is 4.38. The Hall–Kier alpha value is -0.890. The third kappa shape index (κ3) is 2.52. The van der Waals surface area contributed by atoms with Gasteiger partial charge in [-0.2, -0.15) is 0 Å². The molecule has 1 unspecified atom stereocenters. The average Bonchev–Trinajstić information content (AvgIpc) is 2.05. The molecule has 0 aromatic carbocycles. The van der Waals surface area contributed by atoms with E-state index in [2.05, 4.69) is 25.8 Å². The zero-order valence-corrected chi connectivity index (χ0v) is 8.49. The van der Waals surface area contributed by atoms with Gasteiger partial charge in [0, 0.05) is 18.3 Å². The van der Waals surface area contributed by atoms with Crippen molar-refractivity contribution in [3.05, 3.63) is 30.1 Å². The van der Waals surface area contributed by atoms with Gasteiger partial charge in [-0.15, -0.1) is 0 Å². The highest BCUT2D eigenvalue weighted by Crippen LogP contribution is 2.33. The molecule has 72 valence electrons. The van der Waals surface area contributed by atoms with Crippen molar-refractivity contribution >= 4 is 0 Å². The van der Waals surface area contributed by atoms with Gasteiger partial charge in [0.05, 0.1) is 6.61 Å². The van der Waals surface area contributed by atoms with E-state index in [1.54, 1.807) is 12.4 Å². The van der Waals surface area contributed by atoms with Crippen LogP contribution in [0.3, 0.4) is 0 Å². The fourth-order valence-corrected chi connectivity index (χ4v) is 1.48. The Balaban J connectivity index is 2.92. The van der Waals surface area contributed by atoms with E-state index in [0.717, 1.165) is 5.56 Å².